The van der Waals surface area contributed by atoms with Crippen LogP contribution in [0.1, 0.15) is 45.4 Å². The van der Waals surface area contributed by atoms with Gasteiger partial charge in [-0.3, -0.25) is 9.59 Å². The largest absolute Gasteiger partial charge is 0.469 e. The minimum Gasteiger partial charge on any atom is -0.469 e. The maximum absolute atomic E-state index is 12.2. The van der Waals surface area contributed by atoms with Gasteiger partial charge in [-0.25, -0.2) is 0 Å². The van der Waals surface area contributed by atoms with Crippen LogP contribution in [0.15, 0.2) is 11.6 Å². The smallest absolute Gasteiger partial charge is 0.313 e. The van der Waals surface area contributed by atoms with Crippen molar-refractivity contribution in [2.45, 2.75) is 45.4 Å². The second-order valence-electron chi connectivity index (χ2n) is 5.90. The highest BCUT2D eigenvalue weighted by atomic mass is 16.5. The Hall–Kier alpha value is -1.32. The Kier molecular flexibility index (Phi) is 4.27. The molecule has 1 amide bonds. The summed E-state index contributed by atoms with van der Waals surface area (Å²) in [7, 11) is 1.41. The van der Waals surface area contributed by atoms with E-state index in [-0.39, 0.29) is 11.9 Å². The predicted molar refractivity (Wildman–Crippen MR) is 72.5 cm³/mol. The summed E-state index contributed by atoms with van der Waals surface area (Å²) in [5, 5.41) is 0. The van der Waals surface area contributed by atoms with Gasteiger partial charge in [-0.2, -0.15) is 0 Å². The summed E-state index contributed by atoms with van der Waals surface area (Å²) in [6.07, 6.45) is 8.01. The van der Waals surface area contributed by atoms with E-state index in [0.717, 1.165) is 12.8 Å². The minimum absolute atomic E-state index is 0.153. The first kappa shape index (κ1) is 14.1. The van der Waals surface area contributed by atoms with Gasteiger partial charge in [0.1, 0.15) is 0 Å². The highest BCUT2D eigenvalue weighted by molar-refractivity contribution is 5.82. The van der Waals surface area contributed by atoms with E-state index >= 15 is 0 Å². The summed E-state index contributed by atoms with van der Waals surface area (Å²) in [5.41, 5.74) is 0.744. The average Bonchev–Trinajstić information content (AvgIpc) is 2.83. The number of methoxy groups -OCH3 is 1. The summed E-state index contributed by atoms with van der Waals surface area (Å²) in [4.78, 5) is 25.8. The molecule has 1 heterocycles. The number of rotatable bonds is 3. The van der Waals surface area contributed by atoms with Crippen LogP contribution in [0.25, 0.3) is 0 Å². The van der Waals surface area contributed by atoms with E-state index in [1.54, 1.807) is 0 Å². The fourth-order valence-corrected chi connectivity index (χ4v) is 2.96. The monoisotopic (exact) mass is 265 g/mol. The first-order valence-electron chi connectivity index (χ1n) is 7.09. The van der Waals surface area contributed by atoms with Crippen LogP contribution in [-0.4, -0.2) is 37.0 Å². The van der Waals surface area contributed by atoms with Gasteiger partial charge in [-0.05, 0) is 39.0 Å². The van der Waals surface area contributed by atoms with Crippen LogP contribution in [-0.2, 0) is 14.3 Å². The minimum atomic E-state index is -0.522. The molecule has 0 saturated carbocycles. The van der Waals surface area contributed by atoms with Crippen LogP contribution in [0.4, 0.5) is 0 Å². The van der Waals surface area contributed by atoms with Crippen LogP contribution in [0.5, 0.6) is 0 Å². The number of nitrogens with zero attached hydrogens (tertiary/aromatic N) is 1. The fourth-order valence-electron chi connectivity index (χ4n) is 2.96. The average molecular weight is 265 g/mol. The Bertz CT molecular complexity index is 402. The summed E-state index contributed by atoms with van der Waals surface area (Å²) < 4.78 is 4.83. The number of amides is 1. The highest BCUT2D eigenvalue weighted by Gasteiger charge is 2.42. The number of likely N-dealkylation sites (tertiary alicyclic amines) is 1. The van der Waals surface area contributed by atoms with Crippen molar-refractivity contribution < 1.29 is 14.3 Å². The van der Waals surface area contributed by atoms with E-state index in [9.17, 15) is 9.59 Å². The number of ether oxygens (including phenoxy) is 1. The summed E-state index contributed by atoms with van der Waals surface area (Å²) >= 11 is 0. The number of allylic oxidation sites excluding steroid dienone is 1. The normalized spacial score (nSPS) is 27.1. The molecule has 1 aliphatic carbocycles. The molecule has 0 spiro atoms. The number of esters is 1. The van der Waals surface area contributed by atoms with Crippen molar-refractivity contribution in [1.29, 1.82) is 0 Å². The maximum atomic E-state index is 12.2. The molecule has 0 N–H and O–H groups in total. The van der Waals surface area contributed by atoms with E-state index in [0.29, 0.717) is 25.9 Å². The van der Waals surface area contributed by atoms with E-state index in [2.05, 4.69) is 6.08 Å². The Balaban J connectivity index is 1.91. The molecule has 19 heavy (non-hydrogen) atoms. The summed E-state index contributed by atoms with van der Waals surface area (Å²) in [6.45, 7) is 3.04. The molecule has 106 valence electrons. The van der Waals surface area contributed by atoms with Crippen molar-refractivity contribution >= 4 is 11.9 Å². The van der Waals surface area contributed by atoms with Crippen LogP contribution in [0.2, 0.25) is 0 Å². The van der Waals surface area contributed by atoms with E-state index < -0.39 is 5.41 Å². The van der Waals surface area contributed by atoms with Crippen molar-refractivity contribution in [1.82, 2.24) is 4.90 Å². The van der Waals surface area contributed by atoms with Crippen molar-refractivity contribution in [3.63, 3.8) is 0 Å². The van der Waals surface area contributed by atoms with Crippen molar-refractivity contribution in [2.24, 2.45) is 5.41 Å². The molecule has 2 rings (SSSR count). The molecule has 1 fully saturated rings. The van der Waals surface area contributed by atoms with Gasteiger partial charge in [0, 0.05) is 19.5 Å². The molecule has 0 aromatic heterocycles. The lowest BCUT2D eigenvalue weighted by Gasteiger charge is -2.22. The Morgan fingerprint density at radius 1 is 1.42 bits per heavy atom. The first-order chi connectivity index (χ1) is 9.05. The third-order valence-corrected chi connectivity index (χ3v) is 4.27. The molecule has 0 radical (unpaired) electrons. The van der Waals surface area contributed by atoms with Crippen LogP contribution >= 0.6 is 0 Å². The second-order valence-corrected chi connectivity index (χ2v) is 5.90. The topological polar surface area (TPSA) is 46.6 Å². The third kappa shape index (κ3) is 3.17. The molecule has 0 aromatic rings. The second kappa shape index (κ2) is 5.76. The number of hydrogen-bond donors (Lipinski definition) is 0. The highest BCUT2D eigenvalue weighted by Crippen LogP contribution is 2.32. The zero-order valence-electron chi connectivity index (χ0n) is 11.9. The number of hydrogen-bond acceptors (Lipinski definition) is 3. The maximum Gasteiger partial charge on any atom is 0.313 e. The van der Waals surface area contributed by atoms with E-state index in [1.165, 1.54) is 25.5 Å². The van der Waals surface area contributed by atoms with Crippen LogP contribution in [0.3, 0.4) is 0 Å². The van der Waals surface area contributed by atoms with Gasteiger partial charge in [0.05, 0.1) is 12.5 Å². The van der Waals surface area contributed by atoms with Gasteiger partial charge in [0.2, 0.25) is 5.91 Å². The Morgan fingerprint density at radius 2 is 2.21 bits per heavy atom. The van der Waals surface area contributed by atoms with Gasteiger partial charge in [-0.15, -0.1) is 0 Å². The zero-order chi connectivity index (χ0) is 13.9. The molecule has 4 heteroatoms. The van der Waals surface area contributed by atoms with Crippen LogP contribution < -0.4 is 0 Å². The van der Waals surface area contributed by atoms with Gasteiger partial charge in [0.25, 0.3) is 0 Å². The van der Waals surface area contributed by atoms with Gasteiger partial charge in [0.15, 0.2) is 0 Å². The molecular weight excluding hydrogens is 242 g/mol. The van der Waals surface area contributed by atoms with Crippen molar-refractivity contribution in [3.05, 3.63) is 11.6 Å². The van der Waals surface area contributed by atoms with Crippen molar-refractivity contribution in [3.8, 4) is 0 Å². The summed E-state index contributed by atoms with van der Waals surface area (Å²) in [5.74, 6) is -0.0551. The lowest BCUT2D eigenvalue weighted by Crippen LogP contribution is -2.35. The third-order valence-electron chi connectivity index (χ3n) is 4.27. The number of carbonyl (C=O) groups excluding carboxylic acids is 2. The molecule has 2 aliphatic rings. The summed E-state index contributed by atoms with van der Waals surface area (Å²) in [6, 6.07) is 0. The molecule has 0 aromatic carbocycles. The standard InChI is InChI=1S/C15H23NO3/c1-15(14(18)19-2)8-9-16(11-15)13(17)10-12-6-4-3-5-7-12/h6H,3-5,7-11H2,1-2H3. The van der Waals surface area contributed by atoms with E-state index in [4.69, 9.17) is 4.74 Å². The first-order valence-corrected chi connectivity index (χ1v) is 7.09. The SMILES string of the molecule is COC(=O)C1(C)CCN(C(=O)CC2=CCCCC2)C1. The van der Waals surface area contributed by atoms with Gasteiger partial charge >= 0.3 is 5.97 Å². The Morgan fingerprint density at radius 3 is 2.84 bits per heavy atom. The lowest BCUT2D eigenvalue weighted by atomic mass is 9.90. The van der Waals surface area contributed by atoms with Crippen LogP contribution in [0, 0.1) is 5.41 Å². The van der Waals surface area contributed by atoms with Gasteiger partial charge < -0.3 is 9.64 Å². The fraction of sp³-hybridized carbons (Fsp3) is 0.733. The molecule has 1 saturated heterocycles. The molecule has 0 bridgehead atoms. The Labute approximate surface area is 114 Å². The van der Waals surface area contributed by atoms with Gasteiger partial charge in [-0.1, -0.05) is 11.6 Å². The molecular formula is C15H23NO3. The molecule has 4 nitrogen and oxygen atoms in total. The molecule has 1 aliphatic heterocycles. The van der Waals surface area contributed by atoms with Crippen molar-refractivity contribution in [2.75, 3.05) is 20.2 Å². The zero-order valence-corrected chi connectivity index (χ0v) is 11.9. The molecule has 1 atom stereocenters. The number of carbonyl (C=O) groups is 2. The lowest BCUT2D eigenvalue weighted by molar-refractivity contribution is -0.151. The predicted octanol–water partition coefficient (Wildman–Crippen LogP) is 2.29. The molecule has 1 unspecified atom stereocenters. The van der Waals surface area contributed by atoms with E-state index in [1.807, 2.05) is 11.8 Å². The quantitative estimate of drug-likeness (QED) is 0.581.